The van der Waals surface area contributed by atoms with Crippen molar-refractivity contribution >= 4 is 17.5 Å². The van der Waals surface area contributed by atoms with Crippen molar-refractivity contribution in [2.24, 2.45) is 0 Å². The van der Waals surface area contributed by atoms with Crippen LogP contribution in [0.4, 0.5) is 4.39 Å². The Bertz CT molecular complexity index is 753. The molecule has 0 bridgehead atoms. The molecular formula is C20H23ClFN3O. The second-order valence-electron chi connectivity index (χ2n) is 6.59. The third-order valence-corrected chi connectivity index (χ3v) is 5.16. The number of likely N-dealkylation sites (N-methyl/N-ethyl adjacent to an activating group) is 1. The molecule has 0 saturated carbocycles. The van der Waals surface area contributed by atoms with Gasteiger partial charge in [-0.05, 0) is 35.7 Å². The van der Waals surface area contributed by atoms with Gasteiger partial charge in [0.05, 0.1) is 6.04 Å². The average molecular weight is 376 g/mol. The second-order valence-corrected chi connectivity index (χ2v) is 7.00. The summed E-state index contributed by atoms with van der Waals surface area (Å²) in [6.45, 7) is 2.03. The highest BCUT2D eigenvalue weighted by Gasteiger charge is 2.36. The van der Waals surface area contributed by atoms with Gasteiger partial charge in [0.15, 0.2) is 0 Å². The van der Waals surface area contributed by atoms with Crippen molar-refractivity contribution in [3.63, 3.8) is 0 Å². The van der Waals surface area contributed by atoms with Gasteiger partial charge in [0.25, 0.3) is 0 Å². The van der Waals surface area contributed by atoms with E-state index < -0.39 is 0 Å². The molecule has 0 unspecified atom stereocenters. The molecule has 3 rings (SSSR count). The fraction of sp³-hybridized carbons (Fsp3) is 0.350. The third-order valence-electron chi connectivity index (χ3n) is 4.79. The lowest BCUT2D eigenvalue weighted by atomic mass is 10.1. The molecule has 1 saturated heterocycles. The number of halogens is 2. The second kappa shape index (κ2) is 8.62. The van der Waals surface area contributed by atoms with E-state index in [0.29, 0.717) is 18.1 Å². The number of likely N-dealkylation sites (tertiary alicyclic amines) is 1. The van der Waals surface area contributed by atoms with Crippen LogP contribution in [0.3, 0.4) is 0 Å². The molecule has 1 amide bonds. The van der Waals surface area contributed by atoms with Crippen molar-refractivity contribution < 1.29 is 9.18 Å². The van der Waals surface area contributed by atoms with Crippen LogP contribution in [0.15, 0.2) is 48.5 Å². The summed E-state index contributed by atoms with van der Waals surface area (Å²) < 4.78 is 13.0. The molecule has 2 N–H and O–H groups in total. The van der Waals surface area contributed by atoms with Crippen molar-refractivity contribution in [1.82, 2.24) is 15.5 Å². The first-order chi connectivity index (χ1) is 12.6. The zero-order valence-electron chi connectivity index (χ0n) is 14.7. The molecule has 0 aromatic heterocycles. The van der Waals surface area contributed by atoms with Gasteiger partial charge in [0.2, 0.25) is 5.91 Å². The normalized spacial score (nSPS) is 20.3. The molecule has 1 fully saturated rings. The number of rotatable bonds is 6. The molecular weight excluding hydrogens is 353 g/mol. The Morgan fingerprint density at radius 2 is 1.96 bits per heavy atom. The molecule has 0 radical (unpaired) electrons. The monoisotopic (exact) mass is 375 g/mol. The number of carbonyl (C=O) groups is 1. The van der Waals surface area contributed by atoms with Crippen LogP contribution in [0.5, 0.6) is 0 Å². The molecule has 138 valence electrons. The summed E-state index contributed by atoms with van der Waals surface area (Å²) in [5.41, 5.74) is 2.04. The first-order valence-corrected chi connectivity index (χ1v) is 9.11. The maximum absolute atomic E-state index is 13.0. The number of hydrogen-bond acceptors (Lipinski definition) is 3. The predicted molar refractivity (Wildman–Crippen MR) is 101 cm³/mol. The summed E-state index contributed by atoms with van der Waals surface area (Å²) in [6, 6.07) is 14.2. The summed E-state index contributed by atoms with van der Waals surface area (Å²) in [7, 11) is 1.66. The minimum atomic E-state index is -0.236. The third kappa shape index (κ3) is 4.61. The molecule has 6 heteroatoms. The summed E-state index contributed by atoms with van der Waals surface area (Å²) in [4.78, 5) is 14.5. The molecule has 1 heterocycles. The number of nitrogens with zero attached hydrogens (tertiary/aromatic N) is 1. The Morgan fingerprint density at radius 1 is 1.23 bits per heavy atom. The predicted octanol–water partition coefficient (Wildman–Crippen LogP) is 2.96. The maximum Gasteiger partial charge on any atom is 0.237 e. The van der Waals surface area contributed by atoms with Gasteiger partial charge in [0, 0.05) is 37.7 Å². The Hall–Kier alpha value is -1.95. The van der Waals surface area contributed by atoms with Crippen molar-refractivity contribution in [1.29, 1.82) is 0 Å². The molecule has 26 heavy (non-hydrogen) atoms. The average Bonchev–Trinajstić information content (AvgIpc) is 3.05. The van der Waals surface area contributed by atoms with Crippen LogP contribution in [0, 0.1) is 5.82 Å². The Morgan fingerprint density at radius 3 is 2.65 bits per heavy atom. The number of carbonyl (C=O) groups excluding carboxylic acids is 1. The molecule has 0 spiro atoms. The van der Waals surface area contributed by atoms with Crippen molar-refractivity contribution in [2.75, 3.05) is 13.6 Å². The van der Waals surface area contributed by atoms with Crippen LogP contribution in [0.2, 0.25) is 5.02 Å². The molecule has 0 aliphatic carbocycles. The number of benzene rings is 2. The fourth-order valence-electron chi connectivity index (χ4n) is 3.38. The van der Waals surface area contributed by atoms with Gasteiger partial charge >= 0.3 is 0 Å². The van der Waals surface area contributed by atoms with Crippen LogP contribution in [0.1, 0.15) is 17.5 Å². The van der Waals surface area contributed by atoms with Crippen LogP contribution < -0.4 is 10.6 Å². The first kappa shape index (κ1) is 18.8. The highest BCUT2D eigenvalue weighted by molar-refractivity contribution is 6.31. The number of nitrogens with one attached hydrogen (secondary N) is 2. The van der Waals surface area contributed by atoms with Gasteiger partial charge in [-0.15, -0.1) is 0 Å². The van der Waals surface area contributed by atoms with Crippen LogP contribution >= 0.6 is 11.6 Å². The largest absolute Gasteiger partial charge is 0.358 e. The van der Waals surface area contributed by atoms with E-state index in [9.17, 15) is 9.18 Å². The van der Waals surface area contributed by atoms with E-state index >= 15 is 0 Å². The number of hydrogen-bond donors (Lipinski definition) is 2. The lowest BCUT2D eigenvalue weighted by Gasteiger charge is -2.23. The zero-order chi connectivity index (χ0) is 18.5. The van der Waals surface area contributed by atoms with Crippen LogP contribution in [-0.4, -0.2) is 36.5 Å². The van der Waals surface area contributed by atoms with Crippen molar-refractivity contribution in [2.45, 2.75) is 31.6 Å². The summed E-state index contributed by atoms with van der Waals surface area (Å²) in [5, 5.41) is 6.95. The lowest BCUT2D eigenvalue weighted by molar-refractivity contribution is -0.125. The topological polar surface area (TPSA) is 44.4 Å². The molecule has 2 aromatic rings. The van der Waals surface area contributed by atoms with Crippen LogP contribution in [-0.2, 0) is 17.9 Å². The summed E-state index contributed by atoms with van der Waals surface area (Å²) in [6.07, 6.45) is 0.728. The van der Waals surface area contributed by atoms with Gasteiger partial charge in [-0.1, -0.05) is 41.9 Å². The Kier molecular flexibility index (Phi) is 6.25. The quantitative estimate of drug-likeness (QED) is 0.815. The molecule has 1 aliphatic heterocycles. The van der Waals surface area contributed by atoms with Gasteiger partial charge in [0.1, 0.15) is 5.82 Å². The van der Waals surface area contributed by atoms with Gasteiger partial charge in [-0.25, -0.2) is 4.39 Å². The van der Waals surface area contributed by atoms with E-state index in [1.807, 2.05) is 24.3 Å². The molecule has 2 aromatic carbocycles. The highest BCUT2D eigenvalue weighted by Crippen LogP contribution is 2.24. The van der Waals surface area contributed by atoms with Crippen LogP contribution in [0.25, 0.3) is 0 Å². The smallest absolute Gasteiger partial charge is 0.237 e. The van der Waals surface area contributed by atoms with E-state index in [0.717, 1.165) is 24.1 Å². The lowest BCUT2D eigenvalue weighted by Crippen LogP contribution is -2.41. The molecule has 4 nitrogen and oxygen atoms in total. The van der Waals surface area contributed by atoms with Gasteiger partial charge < -0.3 is 10.6 Å². The first-order valence-electron chi connectivity index (χ1n) is 8.73. The van der Waals surface area contributed by atoms with Gasteiger partial charge in [-0.2, -0.15) is 0 Å². The maximum atomic E-state index is 13.0. The molecule has 1 aliphatic rings. The Balaban J connectivity index is 1.65. The standard InChI is InChI=1S/C20H23ClFN3O/c1-23-20(26)19-10-17(24-11-14-6-8-16(22)9-7-14)13-25(19)12-15-4-2-3-5-18(15)21/h2-9,17,19,24H,10-13H2,1H3,(H,23,26)/t17-,19-/m0/s1. The summed E-state index contributed by atoms with van der Waals surface area (Å²) >= 11 is 6.28. The molecule has 2 atom stereocenters. The van der Waals surface area contributed by atoms with E-state index in [4.69, 9.17) is 11.6 Å². The van der Waals surface area contributed by atoms with E-state index in [1.54, 1.807) is 19.2 Å². The summed E-state index contributed by atoms with van der Waals surface area (Å²) in [5.74, 6) is -0.219. The SMILES string of the molecule is CNC(=O)[C@@H]1C[C@H](NCc2ccc(F)cc2)CN1Cc1ccccc1Cl. The minimum absolute atomic E-state index is 0.0168. The highest BCUT2D eigenvalue weighted by atomic mass is 35.5. The fourth-order valence-corrected chi connectivity index (χ4v) is 3.57. The van der Waals surface area contributed by atoms with E-state index in [2.05, 4.69) is 15.5 Å². The van der Waals surface area contributed by atoms with E-state index in [1.165, 1.54) is 12.1 Å². The number of amides is 1. The zero-order valence-corrected chi connectivity index (χ0v) is 15.5. The van der Waals surface area contributed by atoms with Gasteiger partial charge in [-0.3, -0.25) is 9.69 Å². The van der Waals surface area contributed by atoms with Crippen molar-refractivity contribution in [3.05, 3.63) is 70.5 Å². The van der Waals surface area contributed by atoms with E-state index in [-0.39, 0.29) is 23.8 Å². The van der Waals surface area contributed by atoms with Crippen molar-refractivity contribution in [3.8, 4) is 0 Å². The Labute approximate surface area is 158 Å². The minimum Gasteiger partial charge on any atom is -0.358 e.